The summed E-state index contributed by atoms with van der Waals surface area (Å²) in [6.07, 6.45) is 11.6. The molecule has 22 heavy (non-hydrogen) atoms. The first-order valence-electron chi connectivity index (χ1n) is 9.93. The minimum Gasteiger partial charge on any atom is -0.316 e. The molecule has 0 unspecified atom stereocenters. The molecular weight excluding hydrogens is 270 g/mol. The molecule has 1 saturated carbocycles. The molecule has 1 N–H and O–H groups in total. The highest BCUT2D eigenvalue weighted by molar-refractivity contribution is 4.98. The van der Waals surface area contributed by atoms with Gasteiger partial charge in [0, 0.05) is 25.2 Å². The summed E-state index contributed by atoms with van der Waals surface area (Å²) >= 11 is 0. The summed E-state index contributed by atoms with van der Waals surface area (Å²) in [4.78, 5) is 5.66. The van der Waals surface area contributed by atoms with E-state index in [0.717, 1.165) is 23.4 Å². The van der Waals surface area contributed by atoms with Crippen LogP contribution in [0, 0.1) is 11.3 Å². The lowest BCUT2D eigenvalue weighted by Gasteiger charge is -2.50. The number of hydrogen-bond acceptors (Lipinski definition) is 3. The molecule has 3 nitrogen and oxygen atoms in total. The molecule has 3 heteroatoms. The van der Waals surface area contributed by atoms with Crippen molar-refractivity contribution in [3.63, 3.8) is 0 Å². The van der Waals surface area contributed by atoms with Crippen LogP contribution in [0.15, 0.2) is 0 Å². The molecule has 0 aromatic carbocycles. The van der Waals surface area contributed by atoms with Gasteiger partial charge in [-0.1, -0.05) is 6.92 Å². The normalized spacial score (nSPS) is 33.1. The van der Waals surface area contributed by atoms with Gasteiger partial charge in [0.1, 0.15) is 0 Å². The Labute approximate surface area is 136 Å². The van der Waals surface area contributed by atoms with Crippen LogP contribution in [0.5, 0.6) is 0 Å². The van der Waals surface area contributed by atoms with E-state index in [2.05, 4.69) is 22.0 Å². The highest BCUT2D eigenvalue weighted by atomic mass is 15.2. The van der Waals surface area contributed by atoms with Crippen molar-refractivity contribution in [1.82, 2.24) is 15.1 Å². The van der Waals surface area contributed by atoms with Crippen LogP contribution in [0.1, 0.15) is 58.3 Å². The third-order valence-corrected chi connectivity index (χ3v) is 7.37. The third kappa shape index (κ3) is 3.09. The molecule has 3 heterocycles. The topological polar surface area (TPSA) is 18.5 Å². The quantitative estimate of drug-likeness (QED) is 0.846. The molecule has 4 fully saturated rings. The lowest BCUT2D eigenvalue weighted by atomic mass is 9.68. The predicted octanol–water partition coefficient (Wildman–Crippen LogP) is 2.71. The highest BCUT2D eigenvalue weighted by Crippen LogP contribution is 2.41. The van der Waals surface area contributed by atoms with Gasteiger partial charge in [0.05, 0.1) is 0 Å². The van der Waals surface area contributed by atoms with Gasteiger partial charge in [-0.3, -0.25) is 0 Å². The van der Waals surface area contributed by atoms with E-state index < -0.39 is 0 Å². The number of rotatable bonds is 2. The molecule has 4 rings (SSSR count). The summed E-state index contributed by atoms with van der Waals surface area (Å²) in [5.74, 6) is 0.965. The first-order valence-corrected chi connectivity index (χ1v) is 9.93. The van der Waals surface area contributed by atoms with Gasteiger partial charge < -0.3 is 15.1 Å². The number of nitrogens with zero attached hydrogens (tertiary/aromatic N) is 2. The zero-order valence-electron chi connectivity index (χ0n) is 14.5. The van der Waals surface area contributed by atoms with Gasteiger partial charge in [0.25, 0.3) is 0 Å². The van der Waals surface area contributed by atoms with Crippen LogP contribution < -0.4 is 5.32 Å². The Balaban J connectivity index is 1.22. The standard InChI is InChI=1S/C19H35N3/c1-16-4-10-21(11-5-16)18-6-12-22(13-7-18)17-2-8-19(9-3-17)14-20-15-19/h16-18,20H,2-15H2,1H3. The summed E-state index contributed by atoms with van der Waals surface area (Å²) in [5.41, 5.74) is 0.722. The van der Waals surface area contributed by atoms with Crippen LogP contribution in [0.25, 0.3) is 0 Å². The molecule has 0 aromatic rings. The van der Waals surface area contributed by atoms with Gasteiger partial charge in [-0.15, -0.1) is 0 Å². The Kier molecular flexibility index (Phi) is 4.49. The summed E-state index contributed by atoms with van der Waals surface area (Å²) in [5, 5.41) is 3.49. The highest BCUT2D eigenvalue weighted by Gasteiger charge is 2.41. The smallest absolute Gasteiger partial charge is 0.0120 e. The average Bonchev–Trinajstić information content (AvgIpc) is 2.55. The number of hydrogen-bond donors (Lipinski definition) is 1. The van der Waals surface area contributed by atoms with E-state index in [1.54, 1.807) is 0 Å². The fraction of sp³-hybridized carbons (Fsp3) is 1.00. The van der Waals surface area contributed by atoms with Crippen molar-refractivity contribution in [3.05, 3.63) is 0 Å². The molecule has 3 aliphatic heterocycles. The van der Waals surface area contributed by atoms with Crippen LogP contribution in [0.3, 0.4) is 0 Å². The van der Waals surface area contributed by atoms with Crippen molar-refractivity contribution in [1.29, 1.82) is 0 Å². The fourth-order valence-electron chi connectivity index (χ4n) is 5.42. The number of likely N-dealkylation sites (tertiary alicyclic amines) is 2. The van der Waals surface area contributed by atoms with Crippen molar-refractivity contribution in [2.24, 2.45) is 11.3 Å². The van der Waals surface area contributed by atoms with Crippen LogP contribution in [-0.4, -0.2) is 61.2 Å². The Morgan fingerprint density at radius 1 is 0.727 bits per heavy atom. The van der Waals surface area contributed by atoms with Gasteiger partial charge in [-0.2, -0.15) is 0 Å². The van der Waals surface area contributed by atoms with E-state index in [1.807, 2.05) is 0 Å². The van der Waals surface area contributed by atoms with E-state index in [4.69, 9.17) is 0 Å². The van der Waals surface area contributed by atoms with Crippen molar-refractivity contribution >= 4 is 0 Å². The van der Waals surface area contributed by atoms with Crippen molar-refractivity contribution in [3.8, 4) is 0 Å². The van der Waals surface area contributed by atoms with Crippen molar-refractivity contribution < 1.29 is 0 Å². The molecular formula is C19H35N3. The summed E-state index contributed by atoms with van der Waals surface area (Å²) < 4.78 is 0. The van der Waals surface area contributed by atoms with E-state index >= 15 is 0 Å². The molecule has 0 radical (unpaired) electrons. The van der Waals surface area contributed by atoms with Gasteiger partial charge in [-0.05, 0) is 88.9 Å². The monoisotopic (exact) mass is 305 g/mol. The first kappa shape index (κ1) is 15.4. The molecule has 1 aliphatic carbocycles. The minimum atomic E-state index is 0.722. The predicted molar refractivity (Wildman–Crippen MR) is 92.1 cm³/mol. The van der Waals surface area contributed by atoms with Gasteiger partial charge in [0.2, 0.25) is 0 Å². The van der Waals surface area contributed by atoms with Gasteiger partial charge in [0.15, 0.2) is 0 Å². The molecule has 3 saturated heterocycles. The number of nitrogens with one attached hydrogen (secondary N) is 1. The van der Waals surface area contributed by atoms with Crippen LogP contribution in [0.4, 0.5) is 0 Å². The summed E-state index contributed by atoms with van der Waals surface area (Å²) in [6.45, 7) is 10.5. The van der Waals surface area contributed by atoms with E-state index in [9.17, 15) is 0 Å². The maximum absolute atomic E-state index is 3.49. The molecule has 4 aliphatic rings. The van der Waals surface area contributed by atoms with E-state index in [-0.39, 0.29) is 0 Å². The lowest BCUT2D eigenvalue weighted by Crippen LogP contribution is -2.57. The van der Waals surface area contributed by atoms with E-state index in [0.29, 0.717) is 0 Å². The maximum atomic E-state index is 3.49. The number of piperidine rings is 2. The average molecular weight is 306 g/mol. The molecule has 1 spiro atoms. The molecule has 0 bridgehead atoms. The maximum Gasteiger partial charge on any atom is 0.0120 e. The zero-order chi connectivity index (χ0) is 15.0. The van der Waals surface area contributed by atoms with E-state index in [1.165, 1.54) is 90.6 Å². The van der Waals surface area contributed by atoms with Crippen LogP contribution in [-0.2, 0) is 0 Å². The SMILES string of the molecule is CC1CCN(C2CCN(C3CCC4(CC3)CNC4)CC2)CC1. The Bertz CT molecular complexity index is 353. The van der Waals surface area contributed by atoms with Gasteiger partial charge in [-0.25, -0.2) is 0 Å². The Morgan fingerprint density at radius 2 is 1.23 bits per heavy atom. The molecule has 0 atom stereocenters. The Morgan fingerprint density at radius 3 is 1.73 bits per heavy atom. The second-order valence-electron chi connectivity index (χ2n) is 8.82. The zero-order valence-corrected chi connectivity index (χ0v) is 14.5. The summed E-state index contributed by atoms with van der Waals surface area (Å²) in [6, 6.07) is 1.81. The van der Waals surface area contributed by atoms with Crippen LogP contribution >= 0.6 is 0 Å². The summed E-state index contributed by atoms with van der Waals surface area (Å²) in [7, 11) is 0. The van der Waals surface area contributed by atoms with Gasteiger partial charge >= 0.3 is 0 Å². The first-order chi connectivity index (χ1) is 10.7. The lowest BCUT2D eigenvalue weighted by molar-refractivity contribution is 0.0207. The van der Waals surface area contributed by atoms with Crippen molar-refractivity contribution in [2.75, 3.05) is 39.3 Å². The van der Waals surface area contributed by atoms with Crippen LogP contribution in [0.2, 0.25) is 0 Å². The second-order valence-corrected chi connectivity index (χ2v) is 8.82. The fourth-order valence-corrected chi connectivity index (χ4v) is 5.42. The minimum absolute atomic E-state index is 0.722. The Hall–Kier alpha value is -0.120. The second kappa shape index (κ2) is 6.41. The largest absolute Gasteiger partial charge is 0.316 e. The third-order valence-electron chi connectivity index (χ3n) is 7.37. The molecule has 0 aromatic heterocycles. The van der Waals surface area contributed by atoms with Crippen molar-refractivity contribution in [2.45, 2.75) is 70.4 Å². The molecule has 126 valence electrons. The molecule has 0 amide bonds.